The van der Waals surface area contributed by atoms with Crippen LogP contribution < -0.4 is 14.8 Å². The highest BCUT2D eigenvalue weighted by molar-refractivity contribution is 7.22. The summed E-state index contributed by atoms with van der Waals surface area (Å²) in [5.74, 6) is 1.85. The topological polar surface area (TPSA) is 60.5 Å². The van der Waals surface area contributed by atoms with Crippen molar-refractivity contribution in [3.8, 4) is 11.5 Å². The first-order valence-corrected chi connectivity index (χ1v) is 8.26. The number of benzene rings is 1. The van der Waals surface area contributed by atoms with Gasteiger partial charge in [0.15, 0.2) is 16.6 Å². The molecule has 1 aliphatic heterocycles. The summed E-state index contributed by atoms with van der Waals surface area (Å²) in [6.45, 7) is 1.12. The average molecular weight is 316 g/mol. The van der Waals surface area contributed by atoms with E-state index in [1.807, 2.05) is 12.1 Å². The molecule has 4 rings (SSSR count). The van der Waals surface area contributed by atoms with Gasteiger partial charge in [-0.3, -0.25) is 4.79 Å². The zero-order chi connectivity index (χ0) is 14.9. The Kier molecular flexibility index (Phi) is 3.46. The Morgan fingerprint density at radius 1 is 1.32 bits per heavy atom. The van der Waals surface area contributed by atoms with Crippen LogP contribution in [0.1, 0.15) is 19.3 Å². The van der Waals surface area contributed by atoms with Crippen molar-refractivity contribution in [2.75, 3.05) is 18.5 Å². The van der Waals surface area contributed by atoms with E-state index >= 15 is 0 Å². The molecule has 5 nitrogen and oxygen atoms in total. The van der Waals surface area contributed by atoms with Crippen molar-refractivity contribution in [1.29, 1.82) is 0 Å². The molecule has 0 fully saturated rings. The first-order valence-electron chi connectivity index (χ1n) is 7.44. The van der Waals surface area contributed by atoms with Crippen molar-refractivity contribution in [3.63, 3.8) is 0 Å². The number of ether oxygens (including phenoxy) is 2. The normalized spacial score (nSPS) is 19.5. The third kappa shape index (κ3) is 2.66. The molecule has 0 saturated carbocycles. The zero-order valence-electron chi connectivity index (χ0n) is 12.0. The van der Waals surface area contributed by atoms with Crippen LogP contribution in [0.5, 0.6) is 11.5 Å². The van der Waals surface area contributed by atoms with E-state index in [1.54, 1.807) is 0 Å². The van der Waals surface area contributed by atoms with E-state index in [9.17, 15) is 4.79 Å². The van der Waals surface area contributed by atoms with Crippen molar-refractivity contribution < 1.29 is 14.3 Å². The van der Waals surface area contributed by atoms with Gasteiger partial charge in [0.1, 0.15) is 13.2 Å². The number of carbonyl (C=O) groups excluding carboxylic acids is 1. The van der Waals surface area contributed by atoms with Crippen LogP contribution in [0.15, 0.2) is 24.3 Å². The third-order valence-electron chi connectivity index (χ3n) is 3.86. The van der Waals surface area contributed by atoms with E-state index in [1.165, 1.54) is 11.3 Å². The Balaban J connectivity index is 1.52. The monoisotopic (exact) mass is 316 g/mol. The molecular weight excluding hydrogens is 300 g/mol. The largest absolute Gasteiger partial charge is 0.486 e. The first kappa shape index (κ1) is 13.6. The SMILES string of the molecule is O=C(C[C@H]1C=CCC1)Nc1nc2cc3c(cc2s1)OCCO3. The molecule has 22 heavy (non-hydrogen) atoms. The molecule has 1 atom stereocenters. The van der Waals surface area contributed by atoms with E-state index in [2.05, 4.69) is 22.5 Å². The maximum absolute atomic E-state index is 12.1. The van der Waals surface area contributed by atoms with Crippen LogP contribution in [0.2, 0.25) is 0 Å². The number of amides is 1. The number of allylic oxidation sites excluding steroid dienone is 2. The summed E-state index contributed by atoms with van der Waals surface area (Å²) in [5, 5.41) is 3.53. The molecule has 2 aliphatic rings. The van der Waals surface area contributed by atoms with Crippen LogP contribution in [0.25, 0.3) is 10.2 Å². The lowest BCUT2D eigenvalue weighted by Crippen LogP contribution is -2.15. The highest BCUT2D eigenvalue weighted by Gasteiger charge is 2.17. The van der Waals surface area contributed by atoms with Crippen molar-refractivity contribution >= 4 is 32.6 Å². The second kappa shape index (κ2) is 5.61. The number of anilines is 1. The Morgan fingerprint density at radius 3 is 2.91 bits per heavy atom. The fraction of sp³-hybridized carbons (Fsp3) is 0.375. The molecule has 6 heteroatoms. The number of nitrogens with one attached hydrogen (secondary N) is 1. The number of nitrogens with zero attached hydrogens (tertiary/aromatic N) is 1. The van der Waals surface area contributed by atoms with Crippen LogP contribution in [-0.4, -0.2) is 24.1 Å². The summed E-state index contributed by atoms with van der Waals surface area (Å²) in [7, 11) is 0. The van der Waals surface area contributed by atoms with Gasteiger partial charge in [-0.15, -0.1) is 0 Å². The van der Waals surface area contributed by atoms with Crippen LogP contribution in [0, 0.1) is 5.92 Å². The zero-order valence-corrected chi connectivity index (χ0v) is 12.8. The molecule has 2 aromatic rings. The van der Waals surface area contributed by atoms with Crippen molar-refractivity contribution in [3.05, 3.63) is 24.3 Å². The highest BCUT2D eigenvalue weighted by atomic mass is 32.1. The Hall–Kier alpha value is -2.08. The maximum Gasteiger partial charge on any atom is 0.226 e. The van der Waals surface area contributed by atoms with E-state index < -0.39 is 0 Å². The molecule has 1 aromatic heterocycles. The predicted molar refractivity (Wildman–Crippen MR) is 85.7 cm³/mol. The second-order valence-electron chi connectivity index (χ2n) is 5.50. The number of carbonyl (C=O) groups is 1. The Labute approximate surface area is 131 Å². The number of rotatable bonds is 3. The minimum Gasteiger partial charge on any atom is -0.486 e. The van der Waals surface area contributed by atoms with Gasteiger partial charge in [-0.1, -0.05) is 23.5 Å². The fourth-order valence-electron chi connectivity index (χ4n) is 2.79. The van der Waals surface area contributed by atoms with E-state index in [0.29, 0.717) is 30.7 Å². The van der Waals surface area contributed by atoms with Crippen LogP contribution in [0.3, 0.4) is 0 Å². The van der Waals surface area contributed by atoms with Gasteiger partial charge in [0.05, 0.1) is 10.2 Å². The van der Waals surface area contributed by atoms with Gasteiger partial charge in [0.25, 0.3) is 0 Å². The number of thiazole rings is 1. The molecule has 0 spiro atoms. The number of fused-ring (bicyclic) bond motifs is 2. The lowest BCUT2D eigenvalue weighted by atomic mass is 10.1. The maximum atomic E-state index is 12.1. The Morgan fingerprint density at radius 2 is 2.14 bits per heavy atom. The summed E-state index contributed by atoms with van der Waals surface area (Å²) in [6.07, 6.45) is 6.93. The summed E-state index contributed by atoms with van der Waals surface area (Å²) >= 11 is 1.46. The van der Waals surface area contributed by atoms with Gasteiger partial charge in [0.2, 0.25) is 5.91 Å². The van der Waals surface area contributed by atoms with Gasteiger partial charge in [0, 0.05) is 18.6 Å². The van der Waals surface area contributed by atoms with Gasteiger partial charge >= 0.3 is 0 Å². The van der Waals surface area contributed by atoms with E-state index in [4.69, 9.17) is 9.47 Å². The third-order valence-corrected chi connectivity index (χ3v) is 4.79. The molecule has 0 unspecified atom stereocenters. The lowest BCUT2D eigenvalue weighted by molar-refractivity contribution is -0.116. The molecule has 1 N–H and O–H groups in total. The molecule has 0 bridgehead atoms. The fourth-order valence-corrected chi connectivity index (χ4v) is 3.68. The van der Waals surface area contributed by atoms with Crippen molar-refractivity contribution in [2.45, 2.75) is 19.3 Å². The average Bonchev–Trinajstić information content (AvgIpc) is 3.13. The van der Waals surface area contributed by atoms with Crippen molar-refractivity contribution in [2.24, 2.45) is 5.92 Å². The second-order valence-corrected chi connectivity index (χ2v) is 6.53. The summed E-state index contributed by atoms with van der Waals surface area (Å²) in [6, 6.07) is 3.80. The van der Waals surface area contributed by atoms with E-state index in [-0.39, 0.29) is 5.91 Å². The summed E-state index contributed by atoms with van der Waals surface area (Å²) in [5.41, 5.74) is 0.824. The summed E-state index contributed by atoms with van der Waals surface area (Å²) < 4.78 is 12.1. The minimum atomic E-state index is 0.0212. The number of aromatic nitrogens is 1. The van der Waals surface area contributed by atoms with Crippen LogP contribution >= 0.6 is 11.3 Å². The number of hydrogen-bond acceptors (Lipinski definition) is 5. The number of hydrogen-bond donors (Lipinski definition) is 1. The molecule has 1 aromatic carbocycles. The van der Waals surface area contributed by atoms with E-state index in [0.717, 1.165) is 34.6 Å². The molecule has 0 saturated heterocycles. The molecule has 1 aliphatic carbocycles. The molecular formula is C16H16N2O3S. The van der Waals surface area contributed by atoms with Gasteiger partial charge in [-0.05, 0) is 18.8 Å². The molecule has 2 heterocycles. The molecule has 0 radical (unpaired) electrons. The standard InChI is InChI=1S/C16H16N2O3S/c19-15(7-10-3-1-2-4-10)18-16-17-11-8-12-13(9-14(11)22-16)21-6-5-20-12/h1,3,8-10H,2,4-7H2,(H,17,18,19)/t10-/m0/s1. The van der Waals surface area contributed by atoms with Gasteiger partial charge in [-0.2, -0.15) is 0 Å². The van der Waals surface area contributed by atoms with Gasteiger partial charge < -0.3 is 14.8 Å². The highest BCUT2D eigenvalue weighted by Crippen LogP contribution is 2.37. The van der Waals surface area contributed by atoms with Crippen LogP contribution in [-0.2, 0) is 4.79 Å². The smallest absolute Gasteiger partial charge is 0.226 e. The first-order chi connectivity index (χ1) is 10.8. The van der Waals surface area contributed by atoms with Gasteiger partial charge in [-0.25, -0.2) is 4.98 Å². The lowest BCUT2D eigenvalue weighted by Gasteiger charge is -2.17. The quantitative estimate of drug-likeness (QED) is 0.882. The minimum absolute atomic E-state index is 0.0212. The van der Waals surface area contributed by atoms with Crippen molar-refractivity contribution in [1.82, 2.24) is 4.98 Å². The Bertz CT molecular complexity index is 710. The summed E-state index contributed by atoms with van der Waals surface area (Å²) in [4.78, 5) is 16.5. The molecule has 1 amide bonds. The predicted octanol–water partition coefficient (Wildman–Crippen LogP) is 3.36. The van der Waals surface area contributed by atoms with Crippen LogP contribution in [0.4, 0.5) is 5.13 Å². The molecule has 114 valence electrons.